The van der Waals surface area contributed by atoms with Gasteiger partial charge in [-0.15, -0.1) is 0 Å². The number of carboxylic acids is 1. The van der Waals surface area contributed by atoms with Gasteiger partial charge in [0.1, 0.15) is 5.82 Å². The van der Waals surface area contributed by atoms with Crippen molar-refractivity contribution in [3.05, 3.63) is 46.5 Å². The Kier molecular flexibility index (Phi) is 3.81. The van der Waals surface area contributed by atoms with Crippen LogP contribution < -0.4 is 0 Å². The molecule has 18 heavy (non-hydrogen) atoms. The Morgan fingerprint density at radius 1 is 1.50 bits per heavy atom. The average molecular weight is 309 g/mol. The van der Waals surface area contributed by atoms with Gasteiger partial charge in [-0.3, -0.25) is 0 Å². The van der Waals surface area contributed by atoms with E-state index in [-0.39, 0.29) is 5.56 Å². The second-order valence-electron chi connectivity index (χ2n) is 3.93. The van der Waals surface area contributed by atoms with Crippen LogP contribution >= 0.6 is 15.9 Å². The highest BCUT2D eigenvalue weighted by atomic mass is 79.9. The first kappa shape index (κ1) is 12.8. The predicted octanol–water partition coefficient (Wildman–Crippen LogP) is 3.29. The number of carbonyl (C=O) groups is 1. The Labute approximate surface area is 113 Å². The van der Waals surface area contributed by atoms with Crippen molar-refractivity contribution in [2.75, 3.05) is 0 Å². The van der Waals surface area contributed by atoms with Crippen LogP contribution in [0.4, 0.5) is 0 Å². The third kappa shape index (κ3) is 2.46. The number of rotatable bonds is 4. The Hall–Kier alpha value is -1.62. The van der Waals surface area contributed by atoms with Gasteiger partial charge in [0.2, 0.25) is 0 Å². The van der Waals surface area contributed by atoms with E-state index in [2.05, 4.69) is 27.8 Å². The standard InChI is InChI=1S/C13H13BrN2O2/c1-2-3-12-15-6-7-16(12)11-5-4-9(13(17)18)8-10(11)14/h4-8H,2-3H2,1H3,(H,17,18). The van der Waals surface area contributed by atoms with Crippen molar-refractivity contribution < 1.29 is 9.90 Å². The number of benzene rings is 1. The minimum Gasteiger partial charge on any atom is -0.478 e. The van der Waals surface area contributed by atoms with Gasteiger partial charge in [-0.25, -0.2) is 9.78 Å². The quantitative estimate of drug-likeness (QED) is 0.943. The van der Waals surface area contributed by atoms with Crippen molar-refractivity contribution in [1.82, 2.24) is 9.55 Å². The Morgan fingerprint density at radius 2 is 2.28 bits per heavy atom. The van der Waals surface area contributed by atoms with Crippen LogP contribution in [0.25, 0.3) is 5.69 Å². The van der Waals surface area contributed by atoms with E-state index in [9.17, 15) is 4.79 Å². The van der Waals surface area contributed by atoms with Gasteiger partial charge in [0.05, 0.1) is 11.3 Å². The number of hydrogen-bond donors (Lipinski definition) is 1. The molecule has 1 heterocycles. The molecule has 0 amide bonds. The van der Waals surface area contributed by atoms with E-state index in [0.29, 0.717) is 0 Å². The summed E-state index contributed by atoms with van der Waals surface area (Å²) >= 11 is 3.41. The lowest BCUT2D eigenvalue weighted by molar-refractivity contribution is 0.0697. The summed E-state index contributed by atoms with van der Waals surface area (Å²) in [7, 11) is 0. The molecule has 0 unspecified atom stereocenters. The zero-order valence-corrected chi connectivity index (χ0v) is 11.5. The first-order valence-electron chi connectivity index (χ1n) is 5.69. The molecule has 1 N–H and O–H groups in total. The molecule has 0 aliphatic carbocycles. The van der Waals surface area contributed by atoms with E-state index >= 15 is 0 Å². The lowest BCUT2D eigenvalue weighted by atomic mass is 10.2. The number of aromatic carboxylic acids is 1. The van der Waals surface area contributed by atoms with Crippen LogP contribution in [-0.4, -0.2) is 20.6 Å². The summed E-state index contributed by atoms with van der Waals surface area (Å²) in [6.07, 6.45) is 5.54. The summed E-state index contributed by atoms with van der Waals surface area (Å²) < 4.78 is 2.72. The van der Waals surface area contributed by atoms with Crippen LogP contribution in [0, 0.1) is 0 Å². The maximum atomic E-state index is 10.9. The fourth-order valence-corrected chi connectivity index (χ4v) is 2.37. The monoisotopic (exact) mass is 308 g/mol. The van der Waals surface area contributed by atoms with Crippen LogP contribution in [-0.2, 0) is 6.42 Å². The van der Waals surface area contributed by atoms with E-state index in [1.54, 1.807) is 24.4 Å². The van der Waals surface area contributed by atoms with Crippen LogP contribution in [0.1, 0.15) is 29.5 Å². The smallest absolute Gasteiger partial charge is 0.335 e. The van der Waals surface area contributed by atoms with E-state index in [0.717, 1.165) is 28.8 Å². The Bertz CT molecular complexity index is 578. The summed E-state index contributed by atoms with van der Waals surface area (Å²) in [5, 5.41) is 8.93. The Balaban J connectivity index is 2.44. The lowest BCUT2D eigenvalue weighted by Gasteiger charge is -2.10. The molecule has 1 aromatic heterocycles. The second-order valence-corrected chi connectivity index (χ2v) is 4.79. The van der Waals surface area contributed by atoms with Crippen LogP contribution in [0.15, 0.2) is 35.1 Å². The highest BCUT2D eigenvalue weighted by Crippen LogP contribution is 2.24. The molecule has 0 bridgehead atoms. The number of halogens is 1. The van der Waals surface area contributed by atoms with E-state index in [1.165, 1.54) is 0 Å². The van der Waals surface area contributed by atoms with Gasteiger partial charge in [-0.05, 0) is 40.5 Å². The topological polar surface area (TPSA) is 55.1 Å². The molecule has 0 aliphatic heterocycles. The molecule has 4 nitrogen and oxygen atoms in total. The zero-order valence-electron chi connectivity index (χ0n) is 9.93. The number of hydrogen-bond acceptors (Lipinski definition) is 2. The van der Waals surface area contributed by atoms with Crippen molar-refractivity contribution >= 4 is 21.9 Å². The van der Waals surface area contributed by atoms with Gasteiger partial charge < -0.3 is 9.67 Å². The fourth-order valence-electron chi connectivity index (χ4n) is 1.80. The summed E-state index contributed by atoms with van der Waals surface area (Å²) in [6.45, 7) is 2.10. The SMILES string of the molecule is CCCc1nccn1-c1ccc(C(=O)O)cc1Br. The average Bonchev–Trinajstić information content (AvgIpc) is 2.77. The zero-order chi connectivity index (χ0) is 13.1. The molecule has 1 aromatic carbocycles. The van der Waals surface area contributed by atoms with E-state index in [4.69, 9.17) is 5.11 Å². The molecule has 0 saturated carbocycles. The minimum absolute atomic E-state index is 0.266. The molecular formula is C13H13BrN2O2. The number of imidazole rings is 1. The number of nitrogens with zero attached hydrogens (tertiary/aromatic N) is 2. The summed E-state index contributed by atoms with van der Waals surface area (Å²) in [4.78, 5) is 15.2. The summed E-state index contributed by atoms with van der Waals surface area (Å²) in [5.74, 6) is 0.0444. The third-order valence-electron chi connectivity index (χ3n) is 2.65. The third-order valence-corrected chi connectivity index (χ3v) is 3.28. The van der Waals surface area contributed by atoms with Gasteiger partial charge in [-0.2, -0.15) is 0 Å². The van der Waals surface area contributed by atoms with E-state index < -0.39 is 5.97 Å². The molecule has 0 spiro atoms. The van der Waals surface area contributed by atoms with E-state index in [1.807, 2.05) is 10.8 Å². The molecule has 0 saturated heterocycles. The molecule has 0 fully saturated rings. The van der Waals surface area contributed by atoms with Gasteiger partial charge in [0.25, 0.3) is 0 Å². The van der Waals surface area contributed by atoms with Crippen molar-refractivity contribution in [2.24, 2.45) is 0 Å². The van der Waals surface area contributed by atoms with Gasteiger partial charge in [-0.1, -0.05) is 6.92 Å². The second kappa shape index (κ2) is 5.35. The number of aromatic nitrogens is 2. The van der Waals surface area contributed by atoms with Crippen molar-refractivity contribution in [3.63, 3.8) is 0 Å². The van der Waals surface area contributed by atoms with Crippen LogP contribution in [0.3, 0.4) is 0 Å². The van der Waals surface area contributed by atoms with Gasteiger partial charge in [0, 0.05) is 23.3 Å². The Morgan fingerprint density at radius 3 is 2.89 bits per heavy atom. The normalized spacial score (nSPS) is 10.6. The first-order valence-corrected chi connectivity index (χ1v) is 6.48. The van der Waals surface area contributed by atoms with Crippen molar-refractivity contribution in [2.45, 2.75) is 19.8 Å². The van der Waals surface area contributed by atoms with Crippen LogP contribution in [0.5, 0.6) is 0 Å². The number of aryl methyl sites for hydroxylation is 1. The molecule has 5 heteroatoms. The molecule has 0 aliphatic rings. The van der Waals surface area contributed by atoms with Crippen molar-refractivity contribution in [1.29, 1.82) is 0 Å². The molecule has 0 radical (unpaired) electrons. The molecular weight excluding hydrogens is 296 g/mol. The maximum absolute atomic E-state index is 10.9. The highest BCUT2D eigenvalue weighted by molar-refractivity contribution is 9.10. The van der Waals surface area contributed by atoms with Crippen LogP contribution in [0.2, 0.25) is 0 Å². The van der Waals surface area contributed by atoms with Gasteiger partial charge in [0.15, 0.2) is 0 Å². The molecule has 94 valence electrons. The number of carboxylic acid groups (broad SMARTS) is 1. The van der Waals surface area contributed by atoms with Gasteiger partial charge >= 0.3 is 5.97 Å². The fraction of sp³-hybridized carbons (Fsp3) is 0.231. The highest BCUT2D eigenvalue weighted by Gasteiger charge is 2.10. The predicted molar refractivity (Wildman–Crippen MR) is 72.2 cm³/mol. The summed E-state index contributed by atoms with van der Waals surface area (Å²) in [6, 6.07) is 4.99. The molecule has 2 rings (SSSR count). The maximum Gasteiger partial charge on any atom is 0.335 e. The largest absolute Gasteiger partial charge is 0.478 e. The first-order chi connectivity index (χ1) is 8.63. The lowest BCUT2D eigenvalue weighted by Crippen LogP contribution is -2.03. The molecule has 2 aromatic rings. The summed E-state index contributed by atoms with van der Waals surface area (Å²) in [5.41, 5.74) is 1.17. The minimum atomic E-state index is -0.929. The van der Waals surface area contributed by atoms with Crippen molar-refractivity contribution in [3.8, 4) is 5.69 Å². The molecule has 0 atom stereocenters.